The number of nitrogens with one attached hydrogen (secondary N) is 1. The summed E-state index contributed by atoms with van der Waals surface area (Å²) in [6, 6.07) is 0.480. The quantitative estimate of drug-likeness (QED) is 0.796. The highest BCUT2D eigenvalue weighted by Gasteiger charge is 2.29. The van der Waals surface area contributed by atoms with Crippen LogP contribution in [0.5, 0.6) is 0 Å². The first-order valence-electron chi connectivity index (χ1n) is 6.73. The van der Waals surface area contributed by atoms with Crippen LogP contribution in [-0.4, -0.2) is 36.0 Å². The van der Waals surface area contributed by atoms with E-state index in [1.807, 2.05) is 0 Å². The molecule has 0 aliphatic carbocycles. The van der Waals surface area contributed by atoms with E-state index in [1.54, 1.807) is 0 Å². The minimum absolute atomic E-state index is 0.0229. The lowest BCUT2D eigenvalue weighted by molar-refractivity contribution is -0.0641. The fraction of sp³-hybridized carbons (Fsp3) is 1.00. The third-order valence-electron chi connectivity index (χ3n) is 3.19. The number of aliphatic hydroxyl groups excluding tert-OH is 1. The topological polar surface area (TPSA) is 41.5 Å². The summed E-state index contributed by atoms with van der Waals surface area (Å²) in [7, 11) is 0. The SMILES string of the molecule is CC(C)(C)CC(O)CNC1CCOC(C)(C)C1. The first-order chi connectivity index (χ1) is 7.68. The van der Waals surface area contributed by atoms with E-state index in [2.05, 4.69) is 39.9 Å². The molecule has 1 saturated heterocycles. The minimum atomic E-state index is -0.249. The summed E-state index contributed by atoms with van der Waals surface area (Å²) < 4.78 is 5.68. The second-order valence-electron chi connectivity index (χ2n) is 7.12. The van der Waals surface area contributed by atoms with E-state index in [9.17, 15) is 5.11 Å². The molecule has 1 aliphatic heterocycles. The second-order valence-corrected chi connectivity index (χ2v) is 7.12. The maximum absolute atomic E-state index is 9.95. The van der Waals surface area contributed by atoms with Crippen molar-refractivity contribution < 1.29 is 9.84 Å². The van der Waals surface area contributed by atoms with Gasteiger partial charge in [-0.15, -0.1) is 0 Å². The Labute approximate surface area is 106 Å². The molecule has 0 aromatic heterocycles. The number of aliphatic hydroxyl groups is 1. The van der Waals surface area contributed by atoms with E-state index < -0.39 is 0 Å². The lowest BCUT2D eigenvalue weighted by atomic mass is 9.89. The molecule has 1 rings (SSSR count). The van der Waals surface area contributed by atoms with Gasteiger partial charge in [0.05, 0.1) is 11.7 Å². The van der Waals surface area contributed by atoms with Gasteiger partial charge >= 0.3 is 0 Å². The van der Waals surface area contributed by atoms with Gasteiger partial charge in [0.2, 0.25) is 0 Å². The zero-order valence-corrected chi connectivity index (χ0v) is 12.0. The van der Waals surface area contributed by atoms with Crippen LogP contribution in [0.15, 0.2) is 0 Å². The fourth-order valence-electron chi connectivity index (χ4n) is 2.49. The summed E-state index contributed by atoms with van der Waals surface area (Å²) in [6.45, 7) is 12.3. The van der Waals surface area contributed by atoms with Crippen molar-refractivity contribution in [2.24, 2.45) is 5.41 Å². The maximum atomic E-state index is 9.95. The summed E-state index contributed by atoms with van der Waals surface area (Å²) >= 11 is 0. The Balaban J connectivity index is 2.26. The van der Waals surface area contributed by atoms with Crippen LogP contribution in [0, 0.1) is 5.41 Å². The Morgan fingerprint density at radius 1 is 1.41 bits per heavy atom. The van der Waals surface area contributed by atoms with Crippen molar-refractivity contribution in [2.75, 3.05) is 13.2 Å². The van der Waals surface area contributed by atoms with Crippen molar-refractivity contribution in [3.8, 4) is 0 Å². The van der Waals surface area contributed by atoms with Crippen molar-refractivity contribution in [3.63, 3.8) is 0 Å². The molecule has 0 radical (unpaired) electrons. The summed E-state index contributed by atoms with van der Waals surface area (Å²) in [5.41, 5.74) is 0.168. The van der Waals surface area contributed by atoms with Crippen LogP contribution in [0.1, 0.15) is 53.9 Å². The van der Waals surface area contributed by atoms with Gasteiger partial charge in [-0.25, -0.2) is 0 Å². The fourth-order valence-corrected chi connectivity index (χ4v) is 2.49. The maximum Gasteiger partial charge on any atom is 0.0669 e. The molecule has 2 N–H and O–H groups in total. The number of hydrogen-bond donors (Lipinski definition) is 2. The molecular formula is C14H29NO2. The van der Waals surface area contributed by atoms with E-state index >= 15 is 0 Å². The first kappa shape index (κ1) is 14.9. The molecule has 102 valence electrons. The Hall–Kier alpha value is -0.120. The molecule has 2 unspecified atom stereocenters. The molecule has 2 atom stereocenters. The van der Waals surface area contributed by atoms with Crippen molar-refractivity contribution >= 4 is 0 Å². The largest absolute Gasteiger partial charge is 0.392 e. The molecule has 17 heavy (non-hydrogen) atoms. The van der Waals surface area contributed by atoms with E-state index in [4.69, 9.17) is 4.74 Å². The van der Waals surface area contributed by atoms with Gasteiger partial charge in [-0.2, -0.15) is 0 Å². The van der Waals surface area contributed by atoms with Gasteiger partial charge in [0.25, 0.3) is 0 Å². The molecule has 1 fully saturated rings. The van der Waals surface area contributed by atoms with Gasteiger partial charge in [0, 0.05) is 19.2 Å². The van der Waals surface area contributed by atoms with E-state index in [-0.39, 0.29) is 17.1 Å². The Morgan fingerprint density at radius 3 is 2.59 bits per heavy atom. The summed E-state index contributed by atoms with van der Waals surface area (Å²) in [5.74, 6) is 0. The van der Waals surface area contributed by atoms with Crippen LogP contribution >= 0.6 is 0 Å². The molecule has 0 saturated carbocycles. The van der Waals surface area contributed by atoms with Gasteiger partial charge < -0.3 is 15.2 Å². The predicted molar refractivity (Wildman–Crippen MR) is 71.1 cm³/mol. The van der Waals surface area contributed by atoms with Gasteiger partial charge in [0.1, 0.15) is 0 Å². The monoisotopic (exact) mass is 243 g/mol. The van der Waals surface area contributed by atoms with Crippen LogP contribution < -0.4 is 5.32 Å². The summed E-state index contributed by atoms with van der Waals surface area (Å²) in [5, 5.41) is 13.4. The van der Waals surface area contributed by atoms with Gasteiger partial charge in [-0.1, -0.05) is 20.8 Å². The standard InChI is InChI=1S/C14H29NO2/c1-13(2,3)9-12(16)10-15-11-6-7-17-14(4,5)8-11/h11-12,15-16H,6-10H2,1-5H3. The predicted octanol–water partition coefficient (Wildman–Crippen LogP) is 2.33. The molecule has 3 heteroatoms. The molecule has 3 nitrogen and oxygen atoms in total. The zero-order chi connectivity index (χ0) is 13.1. The Bertz CT molecular complexity index is 233. The highest BCUT2D eigenvalue weighted by molar-refractivity contribution is 4.83. The van der Waals surface area contributed by atoms with E-state index in [0.717, 1.165) is 25.9 Å². The average molecular weight is 243 g/mol. The molecule has 0 bridgehead atoms. The van der Waals surface area contributed by atoms with Crippen LogP contribution in [0.2, 0.25) is 0 Å². The van der Waals surface area contributed by atoms with Crippen molar-refractivity contribution in [1.82, 2.24) is 5.32 Å². The Morgan fingerprint density at radius 2 is 2.06 bits per heavy atom. The third kappa shape index (κ3) is 6.39. The number of ether oxygens (including phenoxy) is 1. The second kappa shape index (κ2) is 5.68. The summed E-state index contributed by atoms with van der Waals surface area (Å²) in [6.07, 6.45) is 2.66. The smallest absolute Gasteiger partial charge is 0.0669 e. The van der Waals surface area contributed by atoms with Crippen LogP contribution in [0.3, 0.4) is 0 Å². The van der Waals surface area contributed by atoms with Gasteiger partial charge in [-0.3, -0.25) is 0 Å². The molecule has 0 spiro atoms. The van der Waals surface area contributed by atoms with Crippen molar-refractivity contribution in [3.05, 3.63) is 0 Å². The highest BCUT2D eigenvalue weighted by Crippen LogP contribution is 2.24. The van der Waals surface area contributed by atoms with Crippen molar-refractivity contribution in [2.45, 2.75) is 71.6 Å². The average Bonchev–Trinajstić information content (AvgIpc) is 2.10. The minimum Gasteiger partial charge on any atom is -0.392 e. The lowest BCUT2D eigenvalue weighted by Gasteiger charge is -2.36. The van der Waals surface area contributed by atoms with Gasteiger partial charge in [-0.05, 0) is 38.5 Å². The molecule has 0 amide bonds. The molecule has 1 aliphatic rings. The normalized spacial score (nSPS) is 26.8. The van der Waals surface area contributed by atoms with Gasteiger partial charge in [0.15, 0.2) is 0 Å². The van der Waals surface area contributed by atoms with Crippen molar-refractivity contribution in [1.29, 1.82) is 0 Å². The Kier molecular flexibility index (Phi) is 4.99. The molecule has 0 aromatic rings. The van der Waals surface area contributed by atoms with E-state index in [0.29, 0.717) is 12.6 Å². The summed E-state index contributed by atoms with van der Waals surface area (Å²) in [4.78, 5) is 0. The highest BCUT2D eigenvalue weighted by atomic mass is 16.5. The molecule has 1 heterocycles. The number of rotatable bonds is 4. The number of hydrogen-bond acceptors (Lipinski definition) is 3. The van der Waals surface area contributed by atoms with E-state index in [1.165, 1.54) is 0 Å². The molecular weight excluding hydrogens is 214 g/mol. The first-order valence-corrected chi connectivity index (χ1v) is 6.73. The molecule has 0 aromatic carbocycles. The zero-order valence-electron chi connectivity index (χ0n) is 12.0. The van der Waals surface area contributed by atoms with Crippen LogP contribution in [0.25, 0.3) is 0 Å². The lowest BCUT2D eigenvalue weighted by Crippen LogP contribution is -2.46. The third-order valence-corrected chi connectivity index (χ3v) is 3.19. The van der Waals surface area contributed by atoms with Crippen LogP contribution in [0.4, 0.5) is 0 Å². The van der Waals surface area contributed by atoms with Crippen LogP contribution in [-0.2, 0) is 4.74 Å².